The SMILES string of the molecule is CC1(C)Sc2cc(CC(=O)O)ccc2NC1=O. The Kier molecular flexibility index (Phi) is 2.87. The smallest absolute Gasteiger partial charge is 0.307 e. The number of hydrogen-bond donors (Lipinski definition) is 2. The maximum atomic E-state index is 11.7. The van der Waals surface area contributed by atoms with Crippen molar-refractivity contribution >= 4 is 29.3 Å². The molecule has 0 atom stereocenters. The summed E-state index contributed by atoms with van der Waals surface area (Å²) in [5.41, 5.74) is 1.50. The lowest BCUT2D eigenvalue weighted by Crippen LogP contribution is -2.37. The van der Waals surface area contributed by atoms with Gasteiger partial charge in [0.2, 0.25) is 5.91 Å². The van der Waals surface area contributed by atoms with Crippen LogP contribution in [0.5, 0.6) is 0 Å². The van der Waals surface area contributed by atoms with E-state index >= 15 is 0 Å². The first-order valence-electron chi connectivity index (χ1n) is 5.24. The average molecular weight is 251 g/mol. The first-order chi connectivity index (χ1) is 7.88. The number of fused-ring (bicyclic) bond motifs is 1. The summed E-state index contributed by atoms with van der Waals surface area (Å²) in [6.07, 6.45) is 0.00220. The van der Waals surface area contributed by atoms with Crippen molar-refractivity contribution in [1.82, 2.24) is 0 Å². The fourth-order valence-electron chi connectivity index (χ4n) is 1.63. The van der Waals surface area contributed by atoms with Gasteiger partial charge in [-0.1, -0.05) is 6.07 Å². The zero-order valence-corrected chi connectivity index (χ0v) is 10.4. The predicted molar refractivity (Wildman–Crippen MR) is 66.3 cm³/mol. The summed E-state index contributed by atoms with van der Waals surface area (Å²) in [4.78, 5) is 23.3. The molecule has 0 aromatic heterocycles. The van der Waals surface area contributed by atoms with Gasteiger partial charge in [0.15, 0.2) is 0 Å². The Morgan fingerprint density at radius 3 is 2.82 bits per heavy atom. The Balaban J connectivity index is 2.34. The summed E-state index contributed by atoms with van der Waals surface area (Å²) in [6.45, 7) is 3.69. The minimum absolute atomic E-state index is 0.00220. The topological polar surface area (TPSA) is 66.4 Å². The molecular weight excluding hydrogens is 238 g/mol. The van der Waals surface area contributed by atoms with E-state index in [0.29, 0.717) is 0 Å². The van der Waals surface area contributed by atoms with E-state index in [4.69, 9.17) is 5.11 Å². The molecule has 1 heterocycles. The summed E-state index contributed by atoms with van der Waals surface area (Å²) in [5.74, 6) is -0.880. The van der Waals surface area contributed by atoms with Crippen LogP contribution >= 0.6 is 11.8 Å². The second-order valence-corrected chi connectivity index (χ2v) is 6.13. The number of carboxylic acids is 1. The highest BCUT2D eigenvalue weighted by Crippen LogP contribution is 2.42. The molecular formula is C12H13NO3S. The van der Waals surface area contributed by atoms with E-state index in [0.717, 1.165) is 16.1 Å². The van der Waals surface area contributed by atoms with Crippen LogP contribution in [0.4, 0.5) is 5.69 Å². The van der Waals surface area contributed by atoms with Crippen molar-refractivity contribution in [3.63, 3.8) is 0 Å². The maximum absolute atomic E-state index is 11.7. The third-order valence-electron chi connectivity index (χ3n) is 2.56. The molecule has 1 aromatic rings. The minimum Gasteiger partial charge on any atom is -0.481 e. The van der Waals surface area contributed by atoms with Crippen LogP contribution in [-0.2, 0) is 16.0 Å². The summed E-state index contributed by atoms with van der Waals surface area (Å²) < 4.78 is -0.519. The maximum Gasteiger partial charge on any atom is 0.307 e. The number of aliphatic carboxylic acids is 1. The number of thioether (sulfide) groups is 1. The van der Waals surface area contributed by atoms with Crippen LogP contribution in [0, 0.1) is 0 Å². The van der Waals surface area contributed by atoms with Crippen molar-refractivity contribution in [2.24, 2.45) is 0 Å². The number of carbonyl (C=O) groups is 2. The van der Waals surface area contributed by atoms with Crippen molar-refractivity contribution in [2.75, 3.05) is 5.32 Å². The normalized spacial score (nSPS) is 17.2. The Labute approximate surface area is 103 Å². The quantitative estimate of drug-likeness (QED) is 0.845. The van der Waals surface area contributed by atoms with Crippen molar-refractivity contribution in [3.8, 4) is 0 Å². The molecule has 17 heavy (non-hydrogen) atoms. The van der Waals surface area contributed by atoms with Gasteiger partial charge in [-0.3, -0.25) is 9.59 Å². The Morgan fingerprint density at radius 1 is 1.47 bits per heavy atom. The van der Waals surface area contributed by atoms with Gasteiger partial charge in [0.25, 0.3) is 0 Å². The van der Waals surface area contributed by atoms with Gasteiger partial charge in [0.05, 0.1) is 16.9 Å². The lowest BCUT2D eigenvalue weighted by atomic mass is 10.1. The van der Waals surface area contributed by atoms with Crippen molar-refractivity contribution in [1.29, 1.82) is 0 Å². The van der Waals surface area contributed by atoms with Gasteiger partial charge >= 0.3 is 5.97 Å². The molecule has 90 valence electrons. The van der Waals surface area contributed by atoms with Crippen LogP contribution in [0.3, 0.4) is 0 Å². The Bertz CT molecular complexity index is 497. The summed E-state index contributed by atoms with van der Waals surface area (Å²) in [5, 5.41) is 11.6. The zero-order chi connectivity index (χ0) is 12.6. The standard InChI is InChI=1S/C12H13NO3S/c1-12(2)11(16)13-8-4-3-7(6-10(14)15)5-9(8)17-12/h3-5H,6H2,1-2H3,(H,13,16)(H,14,15). The van der Waals surface area contributed by atoms with E-state index in [-0.39, 0.29) is 12.3 Å². The van der Waals surface area contributed by atoms with Crippen LogP contribution in [0.25, 0.3) is 0 Å². The molecule has 4 nitrogen and oxygen atoms in total. The molecule has 1 aliphatic rings. The third kappa shape index (κ3) is 2.44. The van der Waals surface area contributed by atoms with E-state index in [9.17, 15) is 9.59 Å². The highest BCUT2D eigenvalue weighted by Gasteiger charge is 2.34. The van der Waals surface area contributed by atoms with Gasteiger partial charge < -0.3 is 10.4 Å². The highest BCUT2D eigenvalue weighted by molar-refractivity contribution is 8.01. The second-order valence-electron chi connectivity index (χ2n) is 4.47. The first kappa shape index (κ1) is 12.0. The van der Waals surface area contributed by atoms with Crippen LogP contribution in [0.15, 0.2) is 23.1 Å². The van der Waals surface area contributed by atoms with E-state index in [1.54, 1.807) is 12.1 Å². The predicted octanol–water partition coefficient (Wildman–Crippen LogP) is 2.14. The van der Waals surface area contributed by atoms with E-state index in [2.05, 4.69) is 5.32 Å². The summed E-state index contributed by atoms with van der Waals surface area (Å²) in [7, 11) is 0. The molecule has 0 spiro atoms. The van der Waals surface area contributed by atoms with E-state index in [1.807, 2.05) is 19.9 Å². The van der Waals surface area contributed by atoms with Crippen molar-refractivity contribution < 1.29 is 14.7 Å². The third-order valence-corrected chi connectivity index (χ3v) is 3.81. The molecule has 0 saturated heterocycles. The first-order valence-corrected chi connectivity index (χ1v) is 6.05. The molecule has 0 unspecified atom stereocenters. The van der Waals surface area contributed by atoms with Gasteiger partial charge in [0, 0.05) is 4.90 Å². The second kappa shape index (κ2) is 4.07. The van der Waals surface area contributed by atoms with Crippen molar-refractivity contribution in [3.05, 3.63) is 23.8 Å². The molecule has 0 saturated carbocycles. The molecule has 1 aliphatic heterocycles. The molecule has 0 fully saturated rings. The number of amides is 1. The van der Waals surface area contributed by atoms with Crippen molar-refractivity contribution in [2.45, 2.75) is 29.9 Å². The van der Waals surface area contributed by atoms with Crippen LogP contribution < -0.4 is 5.32 Å². The fourth-order valence-corrected chi connectivity index (χ4v) is 2.77. The van der Waals surface area contributed by atoms with Gasteiger partial charge in [-0.2, -0.15) is 0 Å². The number of benzene rings is 1. The number of nitrogens with one attached hydrogen (secondary N) is 1. The van der Waals surface area contributed by atoms with E-state index < -0.39 is 10.7 Å². The molecule has 0 radical (unpaired) electrons. The van der Waals surface area contributed by atoms with Crippen LogP contribution in [0.1, 0.15) is 19.4 Å². The molecule has 2 N–H and O–H groups in total. The molecule has 5 heteroatoms. The highest BCUT2D eigenvalue weighted by atomic mass is 32.2. The largest absolute Gasteiger partial charge is 0.481 e. The van der Waals surface area contributed by atoms with E-state index in [1.165, 1.54) is 11.8 Å². The monoisotopic (exact) mass is 251 g/mol. The average Bonchev–Trinajstić information content (AvgIpc) is 2.18. The van der Waals surface area contributed by atoms with Gasteiger partial charge in [-0.25, -0.2) is 0 Å². The Hall–Kier alpha value is -1.49. The number of carbonyl (C=O) groups excluding carboxylic acids is 1. The molecule has 1 aromatic carbocycles. The summed E-state index contributed by atoms with van der Waals surface area (Å²) >= 11 is 1.46. The van der Waals surface area contributed by atoms with Gasteiger partial charge in [-0.15, -0.1) is 11.8 Å². The van der Waals surface area contributed by atoms with Gasteiger partial charge in [-0.05, 0) is 31.5 Å². The van der Waals surface area contributed by atoms with Gasteiger partial charge in [0.1, 0.15) is 0 Å². The molecule has 0 bridgehead atoms. The lowest BCUT2D eigenvalue weighted by molar-refractivity contribution is -0.136. The molecule has 2 rings (SSSR count). The number of rotatable bonds is 2. The lowest BCUT2D eigenvalue weighted by Gasteiger charge is -2.29. The number of carboxylic acid groups (broad SMARTS) is 1. The number of anilines is 1. The van der Waals surface area contributed by atoms with Crippen LogP contribution in [-0.4, -0.2) is 21.7 Å². The molecule has 1 amide bonds. The minimum atomic E-state index is -0.853. The Morgan fingerprint density at radius 2 is 2.18 bits per heavy atom. The van der Waals surface area contributed by atoms with Crippen LogP contribution in [0.2, 0.25) is 0 Å². The molecule has 0 aliphatic carbocycles. The number of hydrogen-bond acceptors (Lipinski definition) is 3. The summed E-state index contributed by atoms with van der Waals surface area (Å²) in [6, 6.07) is 5.31. The zero-order valence-electron chi connectivity index (χ0n) is 9.61. The fraction of sp³-hybridized carbons (Fsp3) is 0.333.